The number of halogens is 1. The van der Waals surface area contributed by atoms with E-state index in [9.17, 15) is 23.3 Å². The molecule has 0 bridgehead atoms. The maximum absolute atomic E-state index is 12.9. The number of aromatic nitrogens is 1. The quantitative estimate of drug-likeness (QED) is 0.374. The van der Waals surface area contributed by atoms with Gasteiger partial charge in [0.15, 0.2) is 6.29 Å². The monoisotopic (exact) mass is 408 g/mol. The second kappa shape index (κ2) is 5.84. The lowest BCUT2D eigenvalue weighted by molar-refractivity contribution is -0.384. The molecule has 0 saturated carbocycles. The summed E-state index contributed by atoms with van der Waals surface area (Å²) in [5, 5.41) is 11.1. The molecule has 3 aromatic rings. The highest BCUT2D eigenvalue weighted by Gasteiger charge is 2.24. The van der Waals surface area contributed by atoms with Gasteiger partial charge in [0.2, 0.25) is 0 Å². The summed E-state index contributed by atoms with van der Waals surface area (Å²) < 4.78 is 27.1. The third kappa shape index (κ3) is 2.51. The molecule has 7 nitrogen and oxygen atoms in total. The van der Waals surface area contributed by atoms with E-state index in [1.54, 1.807) is 18.2 Å². The Balaban J connectivity index is 2.33. The number of carbonyl (C=O) groups excluding carboxylic acids is 1. The van der Waals surface area contributed by atoms with E-state index >= 15 is 0 Å². The summed E-state index contributed by atoms with van der Waals surface area (Å²) >= 11 is 3.20. The molecule has 1 aromatic heterocycles. The fourth-order valence-corrected chi connectivity index (χ4v) is 4.72. The Labute approximate surface area is 144 Å². The number of non-ortho nitro benzene ring substituents is 1. The van der Waals surface area contributed by atoms with Crippen molar-refractivity contribution in [1.29, 1.82) is 0 Å². The summed E-state index contributed by atoms with van der Waals surface area (Å²) in [6, 6.07) is 9.97. The molecule has 0 fully saturated rings. The maximum atomic E-state index is 12.9. The van der Waals surface area contributed by atoms with Crippen LogP contribution in [0.25, 0.3) is 10.9 Å². The SMILES string of the molecule is O=Cc1cn(S(=O)(=O)c2ccccc2Br)c2ccc([N+](=O)[O-])cc12. The zero-order valence-electron chi connectivity index (χ0n) is 11.9. The van der Waals surface area contributed by atoms with Crippen LogP contribution >= 0.6 is 15.9 Å². The first-order valence-electron chi connectivity index (χ1n) is 6.61. The van der Waals surface area contributed by atoms with E-state index in [1.165, 1.54) is 24.3 Å². The van der Waals surface area contributed by atoms with Crippen LogP contribution in [0.2, 0.25) is 0 Å². The molecule has 0 amide bonds. The zero-order chi connectivity index (χ0) is 17.5. The highest BCUT2D eigenvalue weighted by atomic mass is 79.9. The first-order chi connectivity index (χ1) is 11.4. The van der Waals surface area contributed by atoms with Crippen LogP contribution < -0.4 is 0 Å². The molecule has 0 saturated heterocycles. The van der Waals surface area contributed by atoms with Crippen molar-refractivity contribution in [1.82, 2.24) is 3.97 Å². The first kappa shape index (κ1) is 16.3. The second-order valence-corrected chi connectivity index (χ2v) is 7.53. The van der Waals surface area contributed by atoms with Gasteiger partial charge in [0, 0.05) is 33.8 Å². The second-order valence-electron chi connectivity index (χ2n) is 4.89. The van der Waals surface area contributed by atoms with Gasteiger partial charge in [-0.3, -0.25) is 14.9 Å². The van der Waals surface area contributed by atoms with Gasteiger partial charge in [-0.05, 0) is 34.1 Å². The minimum absolute atomic E-state index is 0.0256. The smallest absolute Gasteiger partial charge is 0.270 e. The maximum Gasteiger partial charge on any atom is 0.270 e. The van der Waals surface area contributed by atoms with Crippen LogP contribution in [0.3, 0.4) is 0 Å². The molecule has 122 valence electrons. The van der Waals surface area contributed by atoms with Crippen molar-refractivity contribution in [2.24, 2.45) is 0 Å². The summed E-state index contributed by atoms with van der Waals surface area (Å²) in [5.41, 5.74) is 0.0319. The average molecular weight is 409 g/mol. The number of carbonyl (C=O) groups is 1. The molecule has 0 unspecified atom stereocenters. The van der Waals surface area contributed by atoms with E-state index < -0.39 is 14.9 Å². The van der Waals surface area contributed by atoms with Crippen LogP contribution in [0.4, 0.5) is 5.69 Å². The number of hydrogen-bond acceptors (Lipinski definition) is 5. The number of benzene rings is 2. The number of rotatable bonds is 4. The minimum Gasteiger partial charge on any atom is -0.298 e. The van der Waals surface area contributed by atoms with Gasteiger partial charge >= 0.3 is 0 Å². The van der Waals surface area contributed by atoms with Crippen LogP contribution in [0.5, 0.6) is 0 Å². The van der Waals surface area contributed by atoms with E-state index in [0.29, 0.717) is 10.8 Å². The van der Waals surface area contributed by atoms with Crippen LogP contribution in [0.1, 0.15) is 10.4 Å². The van der Waals surface area contributed by atoms with Gasteiger partial charge in [0.1, 0.15) is 4.90 Å². The van der Waals surface area contributed by atoms with E-state index in [0.717, 1.165) is 10.2 Å². The van der Waals surface area contributed by atoms with E-state index in [-0.39, 0.29) is 27.0 Å². The van der Waals surface area contributed by atoms with Crippen molar-refractivity contribution >= 4 is 48.8 Å². The molecule has 2 aromatic carbocycles. The third-order valence-electron chi connectivity index (χ3n) is 3.50. The van der Waals surface area contributed by atoms with Crippen LogP contribution in [0, 0.1) is 10.1 Å². The average Bonchev–Trinajstić information content (AvgIpc) is 2.93. The predicted molar refractivity (Wildman–Crippen MR) is 90.7 cm³/mol. The van der Waals surface area contributed by atoms with E-state index in [1.807, 2.05) is 0 Å². The Morgan fingerprint density at radius 2 is 1.88 bits per heavy atom. The Morgan fingerprint density at radius 1 is 1.17 bits per heavy atom. The Bertz CT molecular complexity index is 1090. The standard InChI is InChI=1S/C15H9BrN2O5S/c16-13-3-1-2-4-15(13)24(22,23)17-8-10(9-19)12-7-11(18(20)21)5-6-14(12)17/h1-9H. The fraction of sp³-hybridized carbons (Fsp3) is 0. The van der Waals surface area contributed by atoms with Crippen molar-refractivity contribution in [2.75, 3.05) is 0 Å². The predicted octanol–water partition coefficient (Wildman–Crippen LogP) is 3.36. The molecule has 0 atom stereocenters. The fourth-order valence-electron chi connectivity index (χ4n) is 2.38. The van der Waals surface area contributed by atoms with Gasteiger partial charge in [-0.1, -0.05) is 12.1 Å². The van der Waals surface area contributed by atoms with Gasteiger partial charge in [0.05, 0.1) is 10.4 Å². The number of hydrogen-bond donors (Lipinski definition) is 0. The largest absolute Gasteiger partial charge is 0.298 e. The van der Waals surface area contributed by atoms with Crippen LogP contribution in [-0.2, 0) is 10.0 Å². The van der Waals surface area contributed by atoms with E-state index in [2.05, 4.69) is 15.9 Å². The highest BCUT2D eigenvalue weighted by molar-refractivity contribution is 9.10. The summed E-state index contributed by atoms with van der Waals surface area (Å²) in [6.07, 6.45) is 1.63. The van der Waals surface area contributed by atoms with Crippen molar-refractivity contribution in [3.05, 3.63) is 68.8 Å². The highest BCUT2D eigenvalue weighted by Crippen LogP contribution is 2.30. The van der Waals surface area contributed by atoms with Gasteiger partial charge in [-0.2, -0.15) is 0 Å². The lowest BCUT2D eigenvalue weighted by atomic mass is 10.2. The van der Waals surface area contributed by atoms with Gasteiger partial charge in [-0.15, -0.1) is 0 Å². The lowest BCUT2D eigenvalue weighted by Crippen LogP contribution is -2.12. The molecule has 0 radical (unpaired) electrons. The molecular formula is C15H9BrN2O5S. The summed E-state index contributed by atoms with van der Waals surface area (Å²) in [4.78, 5) is 21.6. The number of fused-ring (bicyclic) bond motifs is 1. The van der Waals surface area contributed by atoms with Crippen molar-refractivity contribution in [2.45, 2.75) is 4.90 Å². The van der Waals surface area contributed by atoms with Crippen LogP contribution in [0.15, 0.2) is 58.0 Å². The minimum atomic E-state index is -3.98. The lowest BCUT2D eigenvalue weighted by Gasteiger charge is -2.09. The molecule has 0 aliphatic rings. The summed E-state index contributed by atoms with van der Waals surface area (Å²) in [6.45, 7) is 0. The van der Waals surface area contributed by atoms with Crippen LogP contribution in [-0.4, -0.2) is 23.6 Å². The first-order valence-corrected chi connectivity index (χ1v) is 8.84. The normalized spacial score (nSPS) is 11.5. The number of aldehydes is 1. The molecule has 3 rings (SSSR count). The molecule has 1 heterocycles. The molecular weight excluding hydrogens is 400 g/mol. The zero-order valence-corrected chi connectivity index (χ0v) is 14.3. The van der Waals surface area contributed by atoms with E-state index in [4.69, 9.17) is 0 Å². The molecule has 0 aliphatic carbocycles. The van der Waals surface area contributed by atoms with Gasteiger partial charge < -0.3 is 0 Å². The third-order valence-corrected chi connectivity index (χ3v) is 6.18. The Kier molecular flexibility index (Phi) is 3.98. The van der Waals surface area contributed by atoms with Gasteiger partial charge in [0.25, 0.3) is 15.7 Å². The van der Waals surface area contributed by atoms with Crippen molar-refractivity contribution in [3.63, 3.8) is 0 Å². The molecule has 9 heteroatoms. The van der Waals surface area contributed by atoms with Crippen molar-refractivity contribution in [3.8, 4) is 0 Å². The molecule has 0 N–H and O–H groups in total. The topological polar surface area (TPSA) is 99.3 Å². The van der Waals surface area contributed by atoms with Crippen molar-refractivity contribution < 1.29 is 18.1 Å². The molecule has 0 aliphatic heterocycles. The van der Waals surface area contributed by atoms with Gasteiger partial charge in [-0.25, -0.2) is 12.4 Å². The Morgan fingerprint density at radius 3 is 2.50 bits per heavy atom. The summed E-state index contributed by atoms with van der Waals surface area (Å²) in [5.74, 6) is 0. The number of nitrogens with zero attached hydrogens (tertiary/aromatic N) is 2. The molecule has 0 spiro atoms. The number of nitro groups is 1. The summed E-state index contributed by atoms with van der Waals surface area (Å²) in [7, 11) is -3.98. The number of nitro benzene ring substituents is 1. The Hall–Kier alpha value is -2.52. The molecule has 24 heavy (non-hydrogen) atoms.